The van der Waals surface area contributed by atoms with Gasteiger partial charge in [0.2, 0.25) is 0 Å². The number of carbonyl (C=O) groups excluding carboxylic acids is 1. The predicted molar refractivity (Wildman–Crippen MR) is 68.7 cm³/mol. The third-order valence-electron chi connectivity index (χ3n) is 3.66. The summed E-state index contributed by atoms with van der Waals surface area (Å²) in [4.78, 5) is 13.1. The van der Waals surface area contributed by atoms with Gasteiger partial charge in [-0.15, -0.1) is 11.3 Å². The van der Waals surface area contributed by atoms with Crippen molar-refractivity contribution in [3.05, 3.63) is 22.4 Å². The summed E-state index contributed by atoms with van der Waals surface area (Å²) < 4.78 is 5.35. The highest BCUT2D eigenvalue weighted by molar-refractivity contribution is 7.09. The molecule has 2 unspecified atom stereocenters. The highest BCUT2D eigenvalue weighted by Gasteiger charge is 2.42. The molecule has 0 amide bonds. The summed E-state index contributed by atoms with van der Waals surface area (Å²) in [6, 6.07) is 3.92. The Morgan fingerprint density at radius 3 is 3.12 bits per heavy atom. The van der Waals surface area contributed by atoms with E-state index in [0.29, 0.717) is 6.61 Å². The summed E-state index contributed by atoms with van der Waals surface area (Å²) in [5.74, 6) is -0.0230. The van der Waals surface area contributed by atoms with Gasteiger partial charge < -0.3 is 10.5 Å². The molecule has 0 bridgehead atoms. The fraction of sp³-hybridized carbons (Fsp3) is 0.615. The first-order valence-corrected chi connectivity index (χ1v) is 6.99. The Labute approximate surface area is 106 Å². The largest absolute Gasteiger partial charge is 0.459 e. The van der Waals surface area contributed by atoms with Gasteiger partial charge in [0.15, 0.2) is 0 Å². The molecule has 2 atom stereocenters. The molecule has 17 heavy (non-hydrogen) atoms. The van der Waals surface area contributed by atoms with Crippen LogP contribution in [0.2, 0.25) is 0 Å². The van der Waals surface area contributed by atoms with E-state index in [2.05, 4.69) is 0 Å². The lowest BCUT2D eigenvalue weighted by molar-refractivity contribution is -0.155. The minimum Gasteiger partial charge on any atom is -0.459 e. The van der Waals surface area contributed by atoms with E-state index < -0.39 is 5.54 Å². The van der Waals surface area contributed by atoms with Crippen molar-refractivity contribution in [3.63, 3.8) is 0 Å². The number of nitrogens with two attached hydrogens (primary N) is 1. The Bertz CT molecular complexity index is 377. The molecule has 94 valence electrons. The van der Waals surface area contributed by atoms with Crippen molar-refractivity contribution in [1.82, 2.24) is 0 Å². The molecule has 1 fully saturated rings. The molecule has 0 aliphatic heterocycles. The Hall–Kier alpha value is -0.870. The second-order valence-corrected chi connectivity index (χ2v) is 5.87. The molecule has 0 spiro atoms. The number of thiophene rings is 1. The molecule has 1 aromatic rings. The van der Waals surface area contributed by atoms with Crippen LogP contribution in [0.1, 0.15) is 37.5 Å². The molecule has 0 saturated heterocycles. The number of ether oxygens (including phenoxy) is 1. The van der Waals surface area contributed by atoms with E-state index in [-0.39, 0.29) is 11.9 Å². The van der Waals surface area contributed by atoms with Crippen LogP contribution in [0.25, 0.3) is 0 Å². The highest BCUT2D eigenvalue weighted by Crippen LogP contribution is 2.32. The van der Waals surface area contributed by atoms with Crippen LogP contribution in [0.3, 0.4) is 0 Å². The van der Waals surface area contributed by atoms with Gasteiger partial charge in [-0.1, -0.05) is 25.8 Å². The van der Waals surface area contributed by atoms with E-state index >= 15 is 0 Å². The average molecular weight is 253 g/mol. The zero-order valence-electron chi connectivity index (χ0n) is 10.1. The van der Waals surface area contributed by atoms with E-state index in [1.807, 2.05) is 24.4 Å². The SMILES string of the molecule is CC1CCCCC1(N)C(=O)OCc1cccs1. The first-order chi connectivity index (χ1) is 8.13. The van der Waals surface area contributed by atoms with E-state index in [4.69, 9.17) is 10.5 Å². The van der Waals surface area contributed by atoms with Crippen molar-refractivity contribution in [3.8, 4) is 0 Å². The molecular weight excluding hydrogens is 234 g/mol. The standard InChI is InChI=1S/C13H19NO2S/c1-10-5-2-3-7-13(10,14)12(15)16-9-11-6-4-8-17-11/h4,6,8,10H,2-3,5,7,9,14H2,1H3. The van der Waals surface area contributed by atoms with Gasteiger partial charge in [-0.05, 0) is 30.2 Å². The zero-order chi connectivity index (χ0) is 12.3. The minimum atomic E-state index is -0.768. The zero-order valence-corrected chi connectivity index (χ0v) is 11.0. The molecule has 1 heterocycles. The molecule has 3 nitrogen and oxygen atoms in total. The van der Waals surface area contributed by atoms with Gasteiger partial charge in [0, 0.05) is 4.88 Å². The monoisotopic (exact) mass is 253 g/mol. The maximum atomic E-state index is 12.1. The van der Waals surface area contributed by atoms with Gasteiger partial charge in [-0.3, -0.25) is 4.79 Å². The van der Waals surface area contributed by atoms with Crippen LogP contribution < -0.4 is 5.73 Å². The van der Waals surface area contributed by atoms with Crippen LogP contribution in [0.4, 0.5) is 0 Å². The fourth-order valence-corrected chi connectivity index (χ4v) is 2.96. The Kier molecular flexibility index (Phi) is 3.84. The van der Waals surface area contributed by atoms with Crippen molar-refractivity contribution in [1.29, 1.82) is 0 Å². The van der Waals surface area contributed by atoms with E-state index in [1.54, 1.807) is 11.3 Å². The molecule has 4 heteroatoms. The van der Waals surface area contributed by atoms with Crippen LogP contribution >= 0.6 is 11.3 Å². The van der Waals surface area contributed by atoms with Crippen molar-refractivity contribution in [2.75, 3.05) is 0 Å². The number of carbonyl (C=O) groups is 1. The maximum absolute atomic E-state index is 12.1. The molecule has 0 aromatic carbocycles. The second kappa shape index (κ2) is 5.19. The molecule has 1 aliphatic carbocycles. The van der Waals surface area contributed by atoms with Gasteiger partial charge >= 0.3 is 5.97 Å². The summed E-state index contributed by atoms with van der Waals surface area (Å²) >= 11 is 1.59. The lowest BCUT2D eigenvalue weighted by atomic mass is 9.74. The van der Waals surface area contributed by atoms with Crippen molar-refractivity contribution < 1.29 is 9.53 Å². The summed E-state index contributed by atoms with van der Waals surface area (Å²) in [5, 5.41) is 1.98. The third kappa shape index (κ3) is 2.69. The van der Waals surface area contributed by atoms with Gasteiger partial charge in [0.25, 0.3) is 0 Å². The van der Waals surface area contributed by atoms with Gasteiger partial charge in [-0.25, -0.2) is 0 Å². The van der Waals surface area contributed by atoms with Crippen LogP contribution in [0.15, 0.2) is 17.5 Å². The molecular formula is C13H19NO2S. The quantitative estimate of drug-likeness (QED) is 0.843. The van der Waals surface area contributed by atoms with Crippen molar-refractivity contribution >= 4 is 17.3 Å². The molecule has 2 N–H and O–H groups in total. The van der Waals surface area contributed by atoms with Crippen molar-refractivity contribution in [2.45, 2.75) is 44.8 Å². The molecule has 1 aromatic heterocycles. The Balaban J connectivity index is 1.94. The minimum absolute atomic E-state index is 0.215. The first kappa shape index (κ1) is 12.6. The van der Waals surface area contributed by atoms with Crippen molar-refractivity contribution in [2.24, 2.45) is 11.7 Å². The summed E-state index contributed by atoms with van der Waals surface area (Å²) in [6.07, 6.45) is 3.95. The molecule has 0 radical (unpaired) electrons. The number of hydrogen-bond donors (Lipinski definition) is 1. The van der Waals surface area contributed by atoms with E-state index in [0.717, 1.165) is 24.1 Å². The second-order valence-electron chi connectivity index (χ2n) is 4.84. The fourth-order valence-electron chi connectivity index (χ4n) is 2.34. The smallest absolute Gasteiger partial charge is 0.326 e. The topological polar surface area (TPSA) is 52.3 Å². The number of esters is 1. The summed E-state index contributed by atoms with van der Waals surface area (Å²) in [5.41, 5.74) is 5.45. The Morgan fingerprint density at radius 1 is 1.65 bits per heavy atom. The van der Waals surface area contributed by atoms with E-state index in [9.17, 15) is 4.79 Å². The average Bonchev–Trinajstić information content (AvgIpc) is 2.83. The van der Waals surface area contributed by atoms with Gasteiger partial charge in [0.1, 0.15) is 12.1 Å². The summed E-state index contributed by atoms with van der Waals surface area (Å²) in [7, 11) is 0. The lowest BCUT2D eigenvalue weighted by Gasteiger charge is -2.36. The summed E-state index contributed by atoms with van der Waals surface area (Å²) in [6.45, 7) is 2.40. The van der Waals surface area contributed by atoms with Crippen LogP contribution in [0.5, 0.6) is 0 Å². The third-order valence-corrected chi connectivity index (χ3v) is 4.51. The van der Waals surface area contributed by atoms with Crippen LogP contribution in [-0.4, -0.2) is 11.5 Å². The highest BCUT2D eigenvalue weighted by atomic mass is 32.1. The normalized spacial score (nSPS) is 28.9. The van der Waals surface area contributed by atoms with Crippen LogP contribution in [0, 0.1) is 5.92 Å². The number of rotatable bonds is 3. The molecule has 1 saturated carbocycles. The van der Waals surface area contributed by atoms with Gasteiger partial charge in [-0.2, -0.15) is 0 Å². The Morgan fingerprint density at radius 2 is 2.47 bits per heavy atom. The maximum Gasteiger partial charge on any atom is 0.326 e. The molecule has 2 rings (SSSR count). The predicted octanol–water partition coefficient (Wildman–Crippen LogP) is 2.70. The lowest BCUT2D eigenvalue weighted by Crippen LogP contribution is -2.55. The van der Waals surface area contributed by atoms with Gasteiger partial charge in [0.05, 0.1) is 0 Å². The van der Waals surface area contributed by atoms with E-state index in [1.165, 1.54) is 6.42 Å². The number of hydrogen-bond acceptors (Lipinski definition) is 4. The molecule has 1 aliphatic rings. The van der Waals surface area contributed by atoms with Crippen LogP contribution in [-0.2, 0) is 16.1 Å². The first-order valence-electron chi connectivity index (χ1n) is 6.11.